The second-order valence-electron chi connectivity index (χ2n) is 12.9. The maximum absolute atomic E-state index is 10.7. The zero-order chi connectivity index (χ0) is 39.4. The van der Waals surface area contributed by atoms with Gasteiger partial charge in [0, 0.05) is 32.9 Å². The number of hydrogen-bond donors (Lipinski definition) is 10. The van der Waals surface area contributed by atoms with Crippen LogP contribution in [0.2, 0.25) is 0 Å². The molecule has 2 rings (SSSR count). The van der Waals surface area contributed by atoms with Gasteiger partial charge in [0.2, 0.25) is 12.6 Å². The summed E-state index contributed by atoms with van der Waals surface area (Å²) in [4.78, 5) is 9.20. The summed E-state index contributed by atoms with van der Waals surface area (Å²) in [6.45, 7) is 11.5. The van der Waals surface area contributed by atoms with Gasteiger partial charge in [0.25, 0.3) is 0 Å². The summed E-state index contributed by atoms with van der Waals surface area (Å²) in [5.41, 5.74) is 0. The van der Waals surface area contributed by atoms with E-state index in [4.69, 9.17) is 37.7 Å². The molecule has 0 aliphatic carbocycles. The normalized spacial score (nSPS) is 32.0. The number of rotatable bonds is 25. The number of hydrogen-bond acceptors (Lipinski definition) is 18. The quantitative estimate of drug-likeness (QED) is 0.0297. The fourth-order valence-electron chi connectivity index (χ4n) is 5.31. The molecule has 0 spiro atoms. The molecule has 2 heterocycles. The largest absolute Gasteiger partial charge is 0.391 e. The van der Waals surface area contributed by atoms with Crippen molar-refractivity contribution in [3.63, 3.8) is 0 Å². The summed E-state index contributed by atoms with van der Waals surface area (Å²) in [6, 6.07) is 0. The van der Waals surface area contributed by atoms with Crippen LogP contribution in [-0.2, 0) is 37.7 Å². The van der Waals surface area contributed by atoms with Gasteiger partial charge in [0.1, 0.15) is 48.8 Å². The van der Waals surface area contributed by atoms with Crippen molar-refractivity contribution in [2.45, 2.75) is 165 Å². The Balaban J connectivity index is 0.00000664. The van der Waals surface area contributed by atoms with Gasteiger partial charge >= 0.3 is 0 Å². The summed E-state index contributed by atoms with van der Waals surface area (Å²) in [5, 5.41) is 93.4. The third-order valence-corrected chi connectivity index (χ3v) is 8.78. The van der Waals surface area contributed by atoms with Crippen LogP contribution in [0, 0.1) is 0 Å². The molecule has 312 valence electrons. The van der Waals surface area contributed by atoms with E-state index in [2.05, 4.69) is 0 Å². The number of unbranched alkanes of at least 4 members (excludes halogenated alkanes) is 3. The summed E-state index contributed by atoms with van der Waals surface area (Å²) < 4.78 is 44.3. The van der Waals surface area contributed by atoms with Crippen molar-refractivity contribution in [3.8, 4) is 0 Å². The van der Waals surface area contributed by atoms with Gasteiger partial charge in [-0.2, -0.15) is 0 Å². The van der Waals surface area contributed by atoms with Crippen LogP contribution in [0.4, 0.5) is 0 Å². The molecule has 18 nitrogen and oxygen atoms in total. The van der Waals surface area contributed by atoms with Crippen molar-refractivity contribution in [2.24, 2.45) is 0 Å². The van der Waals surface area contributed by atoms with E-state index in [0.29, 0.717) is 45.5 Å². The molecule has 14 atom stereocenters. The van der Waals surface area contributed by atoms with E-state index >= 15 is 0 Å². The topological polar surface area (TPSA) is 276 Å². The first kappa shape index (κ1) is 49.7. The first-order valence-electron chi connectivity index (χ1n) is 18.2. The van der Waals surface area contributed by atoms with Crippen LogP contribution < -0.4 is 0 Å². The van der Waals surface area contributed by atoms with Gasteiger partial charge in [-0.3, -0.25) is 0 Å². The molecule has 10 N–H and O–H groups in total. The predicted octanol–water partition coefficient (Wildman–Crippen LogP) is -1.16. The van der Waals surface area contributed by atoms with Crippen molar-refractivity contribution in [1.82, 2.24) is 0 Å². The highest BCUT2D eigenvalue weighted by molar-refractivity contribution is 7.45. The van der Waals surface area contributed by atoms with Crippen LogP contribution in [0.3, 0.4) is 0 Å². The molecule has 2 fully saturated rings. The van der Waals surface area contributed by atoms with Gasteiger partial charge in [-0.05, 0) is 52.9 Å². The molecule has 52 heavy (non-hydrogen) atoms. The van der Waals surface area contributed by atoms with Crippen LogP contribution in [0.1, 0.15) is 73.1 Å². The lowest BCUT2D eigenvalue weighted by Gasteiger charge is -2.42. The lowest BCUT2D eigenvalue weighted by Crippen LogP contribution is -2.60. The van der Waals surface area contributed by atoms with Gasteiger partial charge in [-0.25, -0.2) is 0 Å². The molecule has 0 aromatic heterocycles. The second kappa shape index (κ2) is 27.3. The van der Waals surface area contributed by atoms with E-state index in [1.54, 1.807) is 6.66 Å². The van der Waals surface area contributed by atoms with Crippen LogP contribution in [0.25, 0.3) is 0 Å². The monoisotopic (exact) mass is 782 g/mol. The summed E-state index contributed by atoms with van der Waals surface area (Å²) in [6.07, 6.45) is -17.9. The minimum Gasteiger partial charge on any atom is -0.391 e. The maximum Gasteiger partial charge on any atom is 0.209 e. The van der Waals surface area contributed by atoms with Gasteiger partial charge in [-0.1, -0.05) is 13.8 Å². The smallest absolute Gasteiger partial charge is 0.209 e. The molecule has 0 saturated carbocycles. The highest BCUT2D eigenvalue weighted by Crippen LogP contribution is 2.28. The zero-order valence-corrected chi connectivity index (χ0v) is 32.2. The van der Waals surface area contributed by atoms with Crippen molar-refractivity contribution in [1.29, 1.82) is 0 Å². The average Bonchev–Trinajstić information content (AvgIpc) is 3.09. The molecular formula is C33H67O18P. The molecule has 2 saturated heterocycles. The molecular weight excluding hydrogens is 715 g/mol. The summed E-state index contributed by atoms with van der Waals surface area (Å²) in [5.74, 6) is 0. The highest BCUT2D eigenvalue weighted by Gasteiger charge is 2.47. The fourth-order valence-corrected chi connectivity index (χ4v) is 5.70. The first-order valence-corrected chi connectivity index (χ1v) is 19.9. The molecule has 0 amide bonds. The molecule has 0 radical (unpaired) electrons. The Bertz CT molecular complexity index is 875. The molecule has 2 aliphatic heterocycles. The Morgan fingerprint density at radius 1 is 0.635 bits per heavy atom. The summed E-state index contributed by atoms with van der Waals surface area (Å²) in [7, 11) is -1.43. The SMILES string of the molecule is CC.CC(C)OCCCCOCC1OC(CC(OC(OCC2OC(OCCCCCOP(C)O)C(O)C(O)C2O)C(O)O)C(C)O)C(O)C(O)C1O. The molecule has 2 aliphatic rings. The molecule has 0 aromatic rings. The van der Waals surface area contributed by atoms with E-state index in [0.717, 1.165) is 6.42 Å². The van der Waals surface area contributed by atoms with E-state index in [-0.39, 0.29) is 25.7 Å². The molecule has 0 bridgehead atoms. The van der Waals surface area contributed by atoms with Crippen molar-refractivity contribution < 1.29 is 88.5 Å². The second-order valence-corrected chi connectivity index (χ2v) is 14.1. The van der Waals surface area contributed by atoms with Gasteiger partial charge in [0.15, 0.2) is 14.7 Å². The summed E-state index contributed by atoms with van der Waals surface area (Å²) >= 11 is 0. The van der Waals surface area contributed by atoms with E-state index in [1.165, 1.54) is 6.92 Å². The van der Waals surface area contributed by atoms with Crippen LogP contribution >= 0.6 is 8.38 Å². The Labute approximate surface area is 308 Å². The van der Waals surface area contributed by atoms with Gasteiger partial charge in [0.05, 0.1) is 44.2 Å². The minimum absolute atomic E-state index is 0.0950. The standard InChI is InChI=1S/C31H61O18P.C2H6/c1-17(2)43-11-9-8-10-42-15-21-24(34)26(36)23(33)20(47-21)14-19(18(3)32)48-31(29(39)40)45-16-22-25(35)27(37)28(38)30(49-22)44-12-6-5-7-13-46-50(4)41;1-2/h17-41H,5-16H2,1-4H3;1-2H3. The van der Waals surface area contributed by atoms with Crippen LogP contribution in [0.15, 0.2) is 0 Å². The average molecular weight is 783 g/mol. The zero-order valence-electron chi connectivity index (χ0n) is 31.3. The number of aliphatic hydroxyl groups excluding tert-OH is 8. The Morgan fingerprint density at radius 3 is 1.79 bits per heavy atom. The maximum atomic E-state index is 10.7. The van der Waals surface area contributed by atoms with E-state index in [1.807, 2.05) is 27.7 Å². The van der Waals surface area contributed by atoms with Crippen LogP contribution in [-0.4, -0.2) is 189 Å². The lowest BCUT2D eigenvalue weighted by atomic mass is 9.91. The Hall–Kier alpha value is -0.290. The van der Waals surface area contributed by atoms with Crippen molar-refractivity contribution >= 4 is 8.38 Å². The predicted molar refractivity (Wildman–Crippen MR) is 186 cm³/mol. The fraction of sp³-hybridized carbons (Fsp3) is 1.00. The van der Waals surface area contributed by atoms with Crippen molar-refractivity contribution in [2.75, 3.05) is 46.3 Å². The number of ether oxygens (including phenoxy) is 7. The highest BCUT2D eigenvalue weighted by atomic mass is 31.2. The molecule has 0 aromatic carbocycles. The molecule has 14 unspecified atom stereocenters. The first-order chi connectivity index (χ1) is 24.6. The van der Waals surface area contributed by atoms with Gasteiger partial charge < -0.3 is 88.5 Å². The molecule has 19 heteroatoms. The van der Waals surface area contributed by atoms with E-state index < -0.39 is 101 Å². The third kappa shape index (κ3) is 18.1. The van der Waals surface area contributed by atoms with Gasteiger partial charge in [-0.15, -0.1) is 0 Å². The Kier molecular flexibility index (Phi) is 26.1. The minimum atomic E-state index is -2.27. The lowest BCUT2D eigenvalue weighted by molar-refractivity contribution is -0.326. The third-order valence-electron chi connectivity index (χ3n) is 8.22. The Morgan fingerprint density at radius 2 is 1.19 bits per heavy atom. The van der Waals surface area contributed by atoms with E-state index in [9.17, 15) is 50.9 Å². The van der Waals surface area contributed by atoms with Crippen LogP contribution in [0.5, 0.6) is 0 Å². The van der Waals surface area contributed by atoms with Crippen molar-refractivity contribution in [3.05, 3.63) is 0 Å². The number of aliphatic hydroxyl groups is 9.